The van der Waals surface area contributed by atoms with E-state index in [4.69, 9.17) is 21.1 Å². The van der Waals surface area contributed by atoms with Gasteiger partial charge in [-0.2, -0.15) is 0 Å². The highest BCUT2D eigenvalue weighted by molar-refractivity contribution is 6.46. The summed E-state index contributed by atoms with van der Waals surface area (Å²) in [6, 6.07) is 12.2. The maximum Gasteiger partial charge on any atom is 0.282 e. The number of benzene rings is 2. The van der Waals surface area contributed by atoms with Gasteiger partial charge in [-0.1, -0.05) is 36.7 Å². The lowest BCUT2D eigenvalue weighted by Crippen LogP contribution is -2.39. The van der Waals surface area contributed by atoms with E-state index in [0.29, 0.717) is 45.0 Å². The van der Waals surface area contributed by atoms with Crippen LogP contribution >= 0.6 is 11.6 Å². The van der Waals surface area contributed by atoms with Crippen molar-refractivity contribution >= 4 is 34.7 Å². The molecule has 0 aliphatic carbocycles. The lowest BCUT2D eigenvalue weighted by Gasteiger charge is -2.33. The van der Waals surface area contributed by atoms with E-state index in [9.17, 15) is 9.59 Å². The van der Waals surface area contributed by atoms with Crippen LogP contribution in [0.5, 0.6) is 11.5 Å². The fourth-order valence-corrected chi connectivity index (χ4v) is 4.58. The number of halogens is 1. The standard InChI is InChI=1S/C24H25ClN2O4/c1-15-7-6-12-26(14-15)22-21(17-8-4-5-9-19(17)30-2)23(28)27(24(22)29)16-10-11-20(31-3)18(25)13-16/h4-5,8-11,13,15H,6-7,12,14H2,1-3H3. The molecule has 2 aliphatic heterocycles. The summed E-state index contributed by atoms with van der Waals surface area (Å²) in [7, 11) is 3.08. The molecule has 0 N–H and O–H groups in total. The molecule has 2 aliphatic rings. The first-order valence-electron chi connectivity index (χ1n) is 10.3. The molecule has 0 spiro atoms. The van der Waals surface area contributed by atoms with Gasteiger partial charge in [0.1, 0.15) is 17.2 Å². The van der Waals surface area contributed by atoms with Gasteiger partial charge in [-0.15, -0.1) is 0 Å². The summed E-state index contributed by atoms with van der Waals surface area (Å²) in [5.41, 5.74) is 1.81. The zero-order chi connectivity index (χ0) is 22.1. The van der Waals surface area contributed by atoms with Crippen LogP contribution in [0.4, 0.5) is 5.69 Å². The molecule has 1 saturated heterocycles. The second-order valence-corrected chi connectivity index (χ2v) is 8.29. The fraction of sp³-hybridized carbons (Fsp3) is 0.333. The molecule has 2 aromatic rings. The number of methoxy groups -OCH3 is 2. The van der Waals surface area contributed by atoms with Crippen molar-refractivity contribution in [2.75, 3.05) is 32.2 Å². The first-order chi connectivity index (χ1) is 15.0. The van der Waals surface area contributed by atoms with Gasteiger partial charge in [0.05, 0.1) is 30.5 Å². The average molecular weight is 441 g/mol. The molecular formula is C24H25ClN2O4. The third-order valence-electron chi connectivity index (χ3n) is 5.80. The Bertz CT molecular complexity index is 1070. The molecule has 0 bridgehead atoms. The predicted octanol–water partition coefficient (Wildman–Crippen LogP) is 4.37. The lowest BCUT2D eigenvalue weighted by atomic mass is 9.97. The summed E-state index contributed by atoms with van der Waals surface area (Å²) in [5.74, 6) is 0.737. The SMILES string of the molecule is COc1ccc(N2C(=O)C(c3ccccc3OC)=C(N3CCCC(C)C3)C2=O)cc1Cl. The Balaban J connectivity index is 1.85. The highest BCUT2D eigenvalue weighted by atomic mass is 35.5. The van der Waals surface area contributed by atoms with Gasteiger partial charge in [0, 0.05) is 18.7 Å². The van der Waals surface area contributed by atoms with E-state index in [1.54, 1.807) is 31.4 Å². The molecule has 2 aromatic carbocycles. The van der Waals surface area contributed by atoms with Crippen LogP contribution < -0.4 is 14.4 Å². The zero-order valence-corrected chi connectivity index (χ0v) is 18.6. The van der Waals surface area contributed by atoms with Crippen LogP contribution in [0.2, 0.25) is 5.02 Å². The Labute approximate surface area is 187 Å². The molecule has 1 unspecified atom stereocenters. The van der Waals surface area contributed by atoms with E-state index in [2.05, 4.69) is 6.92 Å². The number of piperidine rings is 1. The molecule has 31 heavy (non-hydrogen) atoms. The molecule has 0 saturated carbocycles. The monoisotopic (exact) mass is 440 g/mol. The zero-order valence-electron chi connectivity index (χ0n) is 17.9. The first kappa shape index (κ1) is 21.2. The van der Waals surface area contributed by atoms with Gasteiger partial charge in [0.15, 0.2) is 0 Å². The quantitative estimate of drug-likeness (QED) is 0.646. The molecule has 1 atom stereocenters. The van der Waals surface area contributed by atoms with E-state index in [1.807, 2.05) is 23.1 Å². The molecule has 1 fully saturated rings. The number of imide groups is 1. The number of hydrogen-bond donors (Lipinski definition) is 0. The molecule has 162 valence electrons. The number of hydrogen-bond acceptors (Lipinski definition) is 5. The van der Waals surface area contributed by atoms with Crippen molar-refractivity contribution < 1.29 is 19.1 Å². The van der Waals surface area contributed by atoms with Gasteiger partial charge in [-0.05, 0) is 43.0 Å². The van der Waals surface area contributed by atoms with Gasteiger partial charge in [-0.25, -0.2) is 4.90 Å². The van der Waals surface area contributed by atoms with Crippen molar-refractivity contribution in [1.29, 1.82) is 0 Å². The summed E-state index contributed by atoms with van der Waals surface area (Å²) >= 11 is 6.29. The van der Waals surface area contributed by atoms with Crippen LogP contribution in [-0.2, 0) is 9.59 Å². The summed E-state index contributed by atoms with van der Waals surface area (Å²) < 4.78 is 10.7. The third kappa shape index (κ3) is 3.76. The van der Waals surface area contributed by atoms with Crippen LogP contribution in [0, 0.1) is 5.92 Å². The van der Waals surface area contributed by atoms with Gasteiger partial charge < -0.3 is 14.4 Å². The summed E-state index contributed by atoms with van der Waals surface area (Å²) in [4.78, 5) is 30.6. The number of rotatable bonds is 5. The minimum Gasteiger partial charge on any atom is -0.496 e. The third-order valence-corrected chi connectivity index (χ3v) is 6.10. The van der Waals surface area contributed by atoms with Crippen LogP contribution in [0.15, 0.2) is 48.2 Å². The van der Waals surface area contributed by atoms with Gasteiger partial charge in [0.2, 0.25) is 0 Å². The predicted molar refractivity (Wildman–Crippen MR) is 120 cm³/mol. The van der Waals surface area contributed by atoms with Crippen molar-refractivity contribution in [2.45, 2.75) is 19.8 Å². The molecule has 4 rings (SSSR count). The van der Waals surface area contributed by atoms with E-state index in [1.165, 1.54) is 12.0 Å². The average Bonchev–Trinajstić information content (AvgIpc) is 3.03. The Kier molecular flexibility index (Phi) is 5.92. The van der Waals surface area contributed by atoms with E-state index in [0.717, 1.165) is 25.9 Å². The number of ether oxygens (including phenoxy) is 2. The number of amides is 2. The van der Waals surface area contributed by atoms with Crippen molar-refractivity contribution in [2.24, 2.45) is 5.92 Å². The van der Waals surface area contributed by atoms with Gasteiger partial charge in [-0.3, -0.25) is 9.59 Å². The summed E-state index contributed by atoms with van der Waals surface area (Å²) in [5, 5.41) is 0.333. The number of para-hydroxylation sites is 1. The Hall–Kier alpha value is -2.99. The normalized spacial score (nSPS) is 19.3. The fourth-order valence-electron chi connectivity index (χ4n) is 4.33. The number of nitrogens with zero attached hydrogens (tertiary/aromatic N) is 2. The lowest BCUT2D eigenvalue weighted by molar-refractivity contribution is -0.120. The van der Waals surface area contributed by atoms with Crippen LogP contribution in [0.1, 0.15) is 25.3 Å². The van der Waals surface area contributed by atoms with Gasteiger partial charge >= 0.3 is 0 Å². The highest BCUT2D eigenvalue weighted by Crippen LogP contribution is 2.40. The van der Waals surface area contributed by atoms with E-state index < -0.39 is 0 Å². The number of carbonyl (C=O) groups excluding carboxylic acids is 2. The maximum absolute atomic E-state index is 13.7. The molecule has 0 aromatic heterocycles. The molecule has 7 heteroatoms. The smallest absolute Gasteiger partial charge is 0.282 e. The van der Waals surface area contributed by atoms with E-state index in [-0.39, 0.29) is 11.8 Å². The van der Waals surface area contributed by atoms with Crippen molar-refractivity contribution in [1.82, 2.24) is 4.90 Å². The Morgan fingerprint density at radius 3 is 2.42 bits per heavy atom. The molecule has 6 nitrogen and oxygen atoms in total. The molecule has 2 amide bonds. The van der Waals surface area contributed by atoms with E-state index >= 15 is 0 Å². The molecule has 0 radical (unpaired) electrons. The van der Waals surface area contributed by atoms with Crippen LogP contribution in [0.3, 0.4) is 0 Å². The minimum absolute atomic E-state index is 0.333. The van der Waals surface area contributed by atoms with Crippen molar-refractivity contribution in [3.63, 3.8) is 0 Å². The van der Waals surface area contributed by atoms with Crippen molar-refractivity contribution in [3.8, 4) is 11.5 Å². The van der Waals surface area contributed by atoms with Crippen LogP contribution in [0.25, 0.3) is 5.57 Å². The first-order valence-corrected chi connectivity index (χ1v) is 10.7. The second kappa shape index (κ2) is 8.63. The Morgan fingerprint density at radius 1 is 1.00 bits per heavy atom. The minimum atomic E-state index is -0.385. The maximum atomic E-state index is 13.7. The number of carbonyl (C=O) groups is 2. The van der Waals surface area contributed by atoms with Crippen molar-refractivity contribution in [3.05, 3.63) is 58.7 Å². The number of likely N-dealkylation sites (tertiary alicyclic amines) is 1. The largest absolute Gasteiger partial charge is 0.496 e. The van der Waals surface area contributed by atoms with Crippen LogP contribution in [-0.4, -0.2) is 44.0 Å². The van der Waals surface area contributed by atoms with Gasteiger partial charge in [0.25, 0.3) is 11.8 Å². The topological polar surface area (TPSA) is 59.1 Å². The summed E-state index contributed by atoms with van der Waals surface area (Å²) in [6.45, 7) is 3.62. The Morgan fingerprint density at radius 2 is 1.74 bits per heavy atom. The summed E-state index contributed by atoms with van der Waals surface area (Å²) in [6.07, 6.45) is 2.08. The molecule has 2 heterocycles. The number of anilines is 1. The molecular weight excluding hydrogens is 416 g/mol. The highest BCUT2D eigenvalue weighted by Gasteiger charge is 2.44. The second-order valence-electron chi connectivity index (χ2n) is 7.88.